The molecule has 0 saturated heterocycles. The summed E-state index contributed by atoms with van der Waals surface area (Å²) in [5.74, 6) is -0.585. The summed E-state index contributed by atoms with van der Waals surface area (Å²) >= 11 is 6.11. The topological polar surface area (TPSA) is 88.0 Å². The van der Waals surface area contributed by atoms with Crippen LogP contribution in [0, 0.1) is 0 Å². The van der Waals surface area contributed by atoms with E-state index in [4.69, 9.17) is 21.9 Å². The van der Waals surface area contributed by atoms with E-state index in [9.17, 15) is 4.79 Å². The van der Waals surface area contributed by atoms with Crippen molar-refractivity contribution < 1.29 is 9.53 Å². The van der Waals surface area contributed by atoms with Crippen molar-refractivity contribution >= 4 is 23.3 Å². The lowest BCUT2D eigenvalue weighted by Gasteiger charge is -2.08. The predicted molar refractivity (Wildman–Crippen MR) is 79.4 cm³/mol. The van der Waals surface area contributed by atoms with Crippen LogP contribution in [0.15, 0.2) is 41.6 Å². The van der Waals surface area contributed by atoms with Gasteiger partial charge >= 0.3 is 5.97 Å². The molecule has 2 rings (SSSR count). The Kier molecular flexibility index (Phi) is 4.77. The molecule has 0 aliphatic carbocycles. The van der Waals surface area contributed by atoms with Gasteiger partial charge in [-0.25, -0.2) is 4.79 Å². The molecule has 1 aromatic heterocycles. The molecular weight excluding hydrogens is 292 g/mol. The zero-order valence-corrected chi connectivity index (χ0v) is 11.9. The number of azide groups is 1. The summed E-state index contributed by atoms with van der Waals surface area (Å²) in [5, 5.41) is 4.04. The molecule has 0 aliphatic rings. The van der Waals surface area contributed by atoms with Crippen molar-refractivity contribution in [3.63, 3.8) is 0 Å². The first kappa shape index (κ1) is 14.8. The molecule has 0 fully saturated rings. The molecule has 0 saturated carbocycles. The van der Waals surface area contributed by atoms with Gasteiger partial charge in [-0.3, -0.25) is 4.98 Å². The average Bonchev–Trinajstić information content (AvgIpc) is 2.48. The van der Waals surface area contributed by atoms with Gasteiger partial charge in [0.25, 0.3) is 0 Å². The van der Waals surface area contributed by atoms with Crippen LogP contribution >= 0.6 is 11.6 Å². The summed E-state index contributed by atoms with van der Waals surface area (Å²) in [4.78, 5) is 18.7. The van der Waals surface area contributed by atoms with Crippen LogP contribution in [0.3, 0.4) is 0 Å². The molecular formula is C14H11ClN4O2. The molecule has 0 unspecified atom stereocenters. The van der Waals surface area contributed by atoms with E-state index in [1.807, 2.05) is 6.07 Å². The number of aromatic nitrogens is 1. The van der Waals surface area contributed by atoms with Gasteiger partial charge in [0.05, 0.1) is 23.6 Å². The largest absolute Gasteiger partial charge is 0.462 e. The first-order valence-corrected chi connectivity index (χ1v) is 6.52. The molecule has 0 aliphatic heterocycles. The molecule has 1 aromatic carbocycles. The number of rotatable bonds is 4. The minimum atomic E-state index is -0.585. The first-order chi connectivity index (χ1) is 10.2. The Morgan fingerprint density at radius 3 is 2.90 bits per heavy atom. The molecule has 0 atom stereocenters. The number of halogens is 1. The van der Waals surface area contributed by atoms with Crippen molar-refractivity contribution in [1.29, 1.82) is 0 Å². The second-order valence-electron chi connectivity index (χ2n) is 3.98. The Balaban J connectivity index is 2.53. The molecule has 1 heterocycles. The fourth-order valence-electron chi connectivity index (χ4n) is 1.76. The minimum Gasteiger partial charge on any atom is -0.462 e. The maximum atomic E-state index is 11.8. The molecule has 0 N–H and O–H groups in total. The van der Waals surface area contributed by atoms with Crippen LogP contribution in [0.1, 0.15) is 17.3 Å². The highest BCUT2D eigenvalue weighted by Crippen LogP contribution is 2.30. The molecule has 0 amide bonds. The number of esters is 1. The second-order valence-corrected chi connectivity index (χ2v) is 4.38. The van der Waals surface area contributed by atoms with E-state index in [1.165, 1.54) is 12.3 Å². The fourth-order valence-corrected chi connectivity index (χ4v) is 1.99. The van der Waals surface area contributed by atoms with Crippen LogP contribution in [-0.2, 0) is 4.74 Å². The number of hydrogen-bond acceptors (Lipinski definition) is 4. The van der Waals surface area contributed by atoms with Crippen molar-refractivity contribution in [2.24, 2.45) is 5.11 Å². The molecule has 0 radical (unpaired) electrons. The summed E-state index contributed by atoms with van der Waals surface area (Å²) in [6.45, 7) is 1.91. The number of carbonyl (C=O) groups excluding carboxylic acids is 1. The third kappa shape index (κ3) is 3.31. The van der Waals surface area contributed by atoms with Crippen molar-refractivity contribution in [2.45, 2.75) is 6.92 Å². The van der Waals surface area contributed by atoms with Crippen LogP contribution in [0.5, 0.6) is 0 Å². The van der Waals surface area contributed by atoms with Crippen LogP contribution in [-0.4, -0.2) is 17.6 Å². The summed E-state index contributed by atoms with van der Waals surface area (Å²) in [6, 6.07) is 8.63. The van der Waals surface area contributed by atoms with Gasteiger partial charge in [0.15, 0.2) is 0 Å². The Labute approximate surface area is 126 Å². The number of pyridine rings is 1. The fraction of sp³-hybridized carbons (Fsp3) is 0.143. The van der Waals surface area contributed by atoms with Crippen molar-refractivity contribution in [2.75, 3.05) is 6.61 Å². The number of nitrogens with zero attached hydrogens (tertiary/aromatic N) is 4. The summed E-state index contributed by atoms with van der Waals surface area (Å²) < 4.78 is 4.90. The highest BCUT2D eigenvalue weighted by Gasteiger charge is 2.14. The van der Waals surface area contributed by atoms with Gasteiger partial charge in [-0.2, -0.15) is 0 Å². The van der Waals surface area contributed by atoms with Crippen LogP contribution in [0.25, 0.3) is 21.7 Å². The smallest absolute Gasteiger partial charge is 0.340 e. The van der Waals surface area contributed by atoms with Crippen LogP contribution in [0.4, 0.5) is 5.69 Å². The lowest BCUT2D eigenvalue weighted by Crippen LogP contribution is -2.05. The Bertz CT molecular complexity index is 727. The van der Waals surface area contributed by atoms with Crippen molar-refractivity contribution in [3.05, 3.63) is 57.6 Å². The van der Waals surface area contributed by atoms with Gasteiger partial charge in [-0.1, -0.05) is 34.9 Å². The Morgan fingerprint density at radius 2 is 2.24 bits per heavy atom. The van der Waals surface area contributed by atoms with Gasteiger partial charge < -0.3 is 4.74 Å². The lowest BCUT2D eigenvalue weighted by molar-refractivity contribution is 0.0527. The average molecular weight is 303 g/mol. The zero-order chi connectivity index (χ0) is 15.2. The van der Waals surface area contributed by atoms with Crippen LogP contribution < -0.4 is 0 Å². The van der Waals surface area contributed by atoms with E-state index in [2.05, 4.69) is 15.0 Å². The molecule has 2 aromatic rings. The first-order valence-electron chi connectivity index (χ1n) is 6.14. The highest BCUT2D eigenvalue weighted by molar-refractivity contribution is 6.33. The van der Waals surface area contributed by atoms with E-state index >= 15 is 0 Å². The summed E-state index contributed by atoms with van der Waals surface area (Å²) in [5.41, 5.74) is 10.1. The van der Waals surface area contributed by atoms with Crippen LogP contribution in [0.2, 0.25) is 5.02 Å². The molecule has 6 nitrogen and oxygen atoms in total. The number of ether oxygens (including phenoxy) is 1. The Hall–Kier alpha value is -2.56. The number of carbonyl (C=O) groups is 1. The minimum absolute atomic E-state index is 0.116. The van der Waals surface area contributed by atoms with Crippen molar-refractivity contribution in [1.82, 2.24) is 4.98 Å². The monoisotopic (exact) mass is 302 g/mol. The number of benzene rings is 1. The van der Waals surface area contributed by atoms with E-state index in [0.29, 0.717) is 16.3 Å². The maximum Gasteiger partial charge on any atom is 0.340 e. The van der Waals surface area contributed by atoms with E-state index < -0.39 is 5.97 Å². The highest BCUT2D eigenvalue weighted by atomic mass is 35.5. The summed E-state index contributed by atoms with van der Waals surface area (Å²) in [7, 11) is 0. The SMILES string of the molecule is CCOC(=O)c1cnc(-c2ccccc2Cl)cc1N=[N+]=[N-]. The third-order valence-electron chi connectivity index (χ3n) is 2.68. The molecule has 21 heavy (non-hydrogen) atoms. The van der Waals surface area contributed by atoms with Crippen molar-refractivity contribution in [3.8, 4) is 11.3 Å². The number of hydrogen-bond donors (Lipinski definition) is 0. The quantitative estimate of drug-likeness (QED) is 0.360. The second kappa shape index (κ2) is 6.74. The lowest BCUT2D eigenvalue weighted by atomic mass is 10.1. The van der Waals surface area contributed by atoms with Gasteiger partial charge in [-0.15, -0.1) is 0 Å². The standard InChI is InChI=1S/C14H11ClN4O2/c1-2-21-14(20)10-8-17-12(7-13(10)18-19-16)9-5-3-4-6-11(9)15/h3-8H,2H2,1H3. The molecule has 0 bridgehead atoms. The van der Waals surface area contributed by atoms with Gasteiger partial charge in [0.1, 0.15) is 0 Å². The van der Waals surface area contributed by atoms with Gasteiger partial charge in [0, 0.05) is 21.7 Å². The normalized spacial score (nSPS) is 9.81. The zero-order valence-electron chi connectivity index (χ0n) is 11.2. The third-order valence-corrected chi connectivity index (χ3v) is 3.01. The van der Waals surface area contributed by atoms with E-state index in [0.717, 1.165) is 0 Å². The molecule has 0 spiro atoms. The predicted octanol–water partition coefficient (Wildman–Crippen LogP) is 4.52. The van der Waals surface area contributed by atoms with E-state index in [1.54, 1.807) is 25.1 Å². The summed E-state index contributed by atoms with van der Waals surface area (Å²) in [6.07, 6.45) is 1.32. The maximum absolute atomic E-state index is 11.8. The van der Waals surface area contributed by atoms with Gasteiger partial charge in [0.2, 0.25) is 0 Å². The Morgan fingerprint density at radius 1 is 1.48 bits per heavy atom. The molecule has 7 heteroatoms. The van der Waals surface area contributed by atoms with Gasteiger partial charge in [-0.05, 0) is 24.6 Å². The molecule has 106 valence electrons. The van der Waals surface area contributed by atoms with E-state index in [-0.39, 0.29) is 17.9 Å².